The van der Waals surface area contributed by atoms with Crippen LogP contribution in [0, 0.1) is 0 Å². The van der Waals surface area contributed by atoms with E-state index in [0.717, 1.165) is 31.4 Å². The van der Waals surface area contributed by atoms with Gasteiger partial charge in [0.2, 0.25) is 100 Å². The Morgan fingerprint density at radius 2 is 1.07 bits per heavy atom. The number of para-hydroxylation sites is 2. The van der Waals surface area contributed by atoms with Gasteiger partial charge in [0.05, 0.1) is 30.7 Å². The van der Waals surface area contributed by atoms with Crippen LogP contribution in [0.3, 0.4) is 0 Å². The molecule has 0 spiro atoms. The lowest BCUT2D eigenvalue weighted by Crippen LogP contribution is -2.61. The van der Waals surface area contributed by atoms with Crippen LogP contribution < -0.4 is 76.1 Å². The molecule has 0 bridgehead atoms. The summed E-state index contributed by atoms with van der Waals surface area (Å²) in [5.74, 6) is -19.8. The number of likely N-dealkylation sites (N-methyl/N-ethyl adjacent to an activating group) is 3. The molecule has 138 heavy (non-hydrogen) atoms. The molecule has 0 unspecified atom stereocenters. The number of carboxylic acid groups (broad SMARTS) is 1. The van der Waals surface area contributed by atoms with Gasteiger partial charge in [0.1, 0.15) is 90.3 Å². The summed E-state index contributed by atoms with van der Waals surface area (Å²) >= 11 is 0.763. The van der Waals surface area contributed by atoms with Crippen molar-refractivity contribution in [3.63, 3.8) is 0 Å². The lowest BCUT2D eigenvalue weighted by atomic mass is 9.99. The predicted octanol–water partition coefficient (Wildman–Crippen LogP) is -3.73. The molecule has 0 saturated carbocycles. The van der Waals surface area contributed by atoms with E-state index in [-0.39, 0.29) is 108 Å². The quantitative estimate of drug-likeness (QED) is 0.0235. The summed E-state index contributed by atoms with van der Waals surface area (Å²) in [5.41, 5.74) is 26.4. The maximum atomic E-state index is 15.9. The summed E-state index contributed by atoms with van der Waals surface area (Å²) in [5, 5.41) is 62.6. The smallest absolute Gasteiger partial charge is 0.303 e. The normalized spacial score (nSPS) is 24.5. The molecular formula is C90H123N27O20S. The number of phenols is 1. The van der Waals surface area contributed by atoms with Crippen LogP contribution in [0.15, 0.2) is 97.7 Å². The number of aliphatic carboxylic acids is 1. The molecule has 48 heteroatoms. The van der Waals surface area contributed by atoms with E-state index in [2.05, 4.69) is 93.7 Å². The van der Waals surface area contributed by atoms with Crippen molar-refractivity contribution >= 4 is 140 Å². The molecular weight excluding hydrogens is 1810 g/mol. The number of benzene rings is 3. The van der Waals surface area contributed by atoms with Crippen molar-refractivity contribution in [2.45, 2.75) is 227 Å². The van der Waals surface area contributed by atoms with Crippen LogP contribution >= 0.6 is 11.8 Å². The molecule has 744 valence electrons. The summed E-state index contributed by atoms with van der Waals surface area (Å²) in [7, 11) is 3.92. The van der Waals surface area contributed by atoms with Crippen molar-refractivity contribution < 1.29 is 96.5 Å². The van der Waals surface area contributed by atoms with Crippen LogP contribution in [0.2, 0.25) is 0 Å². The number of imidazole rings is 1. The van der Waals surface area contributed by atoms with Gasteiger partial charge in [0, 0.05) is 118 Å². The van der Waals surface area contributed by atoms with Crippen molar-refractivity contribution in [1.29, 1.82) is 0 Å². The van der Waals surface area contributed by atoms with Gasteiger partial charge < -0.3 is 126 Å². The molecule has 17 amide bonds. The molecule has 24 N–H and O–H groups in total. The fraction of sp³-hybridized carbons (Fsp3) is 0.511. The molecule has 3 aliphatic rings. The number of rotatable bonds is 27. The van der Waals surface area contributed by atoms with Gasteiger partial charge in [-0.2, -0.15) is 5.21 Å². The van der Waals surface area contributed by atoms with E-state index < -0.39 is 241 Å². The highest BCUT2D eigenvalue weighted by Gasteiger charge is 2.48. The maximum Gasteiger partial charge on any atom is 0.303 e. The molecule has 3 aliphatic heterocycles. The highest BCUT2D eigenvalue weighted by molar-refractivity contribution is 8.00. The Kier molecular flexibility index (Phi) is 38.6. The number of nitrogens with two attached hydrogens (primary N) is 4. The average Bonchev–Trinajstić information content (AvgIpc) is 1.63. The first-order valence-electron chi connectivity index (χ1n) is 45.8. The second-order valence-electron chi connectivity index (χ2n) is 34.6. The maximum absolute atomic E-state index is 15.9. The number of hydrogen-bond donors (Lipinski definition) is 20. The minimum absolute atomic E-state index is 0.00107. The Hall–Kier alpha value is -14.5. The first-order chi connectivity index (χ1) is 66.0. The summed E-state index contributed by atoms with van der Waals surface area (Å²) in [6.45, 7) is 3.18. The lowest BCUT2D eigenvalue weighted by Gasteiger charge is -2.36. The van der Waals surface area contributed by atoms with Crippen molar-refractivity contribution in [3.8, 4) is 5.75 Å². The van der Waals surface area contributed by atoms with E-state index in [4.69, 9.17) is 22.9 Å². The number of unbranched alkanes of at least 4 members (excludes halogenated alkanes) is 2. The number of nitrogens with zero attached hydrogens (tertiary/aromatic N) is 9. The summed E-state index contributed by atoms with van der Waals surface area (Å²) in [4.78, 5) is 283. The van der Waals surface area contributed by atoms with Gasteiger partial charge >= 0.3 is 5.97 Å². The minimum atomic E-state index is -1.83. The second-order valence-corrected chi connectivity index (χ2v) is 35.6. The zero-order valence-corrected chi connectivity index (χ0v) is 78.4. The number of carbonyl (C=O) groups excluding carboxylic acids is 17. The SMILES string of the molecule is CCCC[C@H]1C(=O)N(C)[C@@H](CCCC)C(=O)N[C@@H](CCN)C(=O)N[C@H](C(=O)NCC(N)=O)CSCC(=O)N[C@@H](Cc2ccc(O)cc2)C(=O)N(C)[C@@H](C)C(=O)N[C@@H](CC(N)=O)C(=O)N2CCC[C@H]2C(=O)N[C@@H](Cc2c[nH]cn2)C(=O)N[C@@H](CCC(=O)O)C(=O)N2C[C@H](c3nn[nH]n3)C[C@H]2C(=O)N[C@@H](Cc2c[nH]c3ccccc23)C(=O)N[C@@H](CCN)C(=O)N[C@@H](Cc2c[nH]c3ccccc23)C(=O)N1C. The first kappa shape index (κ1) is 106. The van der Waals surface area contributed by atoms with Gasteiger partial charge in [-0.15, -0.1) is 22.0 Å². The number of H-pyrrole nitrogens is 4. The number of carboxylic acids is 1. The summed E-state index contributed by atoms with van der Waals surface area (Å²) in [6, 6.07) is -2.47. The summed E-state index contributed by atoms with van der Waals surface area (Å²) < 4.78 is 0. The number of aromatic hydroxyl groups is 1. The van der Waals surface area contributed by atoms with Gasteiger partial charge in [0.25, 0.3) is 0 Å². The number of aromatic amines is 4. The Balaban J connectivity index is 1.04. The molecule has 0 radical (unpaired) electrons. The third-order valence-electron chi connectivity index (χ3n) is 24.7. The molecule has 10 rings (SSSR count). The van der Waals surface area contributed by atoms with Crippen LogP contribution in [-0.4, -0.2) is 332 Å². The predicted molar refractivity (Wildman–Crippen MR) is 499 cm³/mol. The first-order valence-corrected chi connectivity index (χ1v) is 46.9. The van der Waals surface area contributed by atoms with Gasteiger partial charge in [-0.1, -0.05) is 93.3 Å². The van der Waals surface area contributed by atoms with Crippen LogP contribution in [0.1, 0.15) is 145 Å². The van der Waals surface area contributed by atoms with Gasteiger partial charge in [-0.05, 0) is 112 Å². The fourth-order valence-electron chi connectivity index (χ4n) is 17.0. The Morgan fingerprint density at radius 3 is 1.66 bits per heavy atom. The zero-order chi connectivity index (χ0) is 100. The van der Waals surface area contributed by atoms with Gasteiger partial charge in [-0.25, -0.2) is 4.98 Å². The number of primary amides is 2. The van der Waals surface area contributed by atoms with Crippen LogP contribution in [0.5, 0.6) is 5.75 Å². The largest absolute Gasteiger partial charge is 0.508 e. The van der Waals surface area contributed by atoms with E-state index >= 15 is 38.4 Å². The monoisotopic (exact) mass is 1930 g/mol. The Labute approximate surface area is 797 Å². The summed E-state index contributed by atoms with van der Waals surface area (Å²) in [6.07, 6.45) is 3.30. The molecule has 3 aromatic carbocycles. The topological polar surface area (TPSA) is 703 Å². The molecule has 0 aliphatic carbocycles. The van der Waals surface area contributed by atoms with Crippen LogP contribution in [0.25, 0.3) is 21.8 Å². The number of phenolic OH excluding ortho intramolecular Hbond substituents is 1. The van der Waals surface area contributed by atoms with E-state index in [1.165, 1.54) is 69.8 Å². The van der Waals surface area contributed by atoms with E-state index in [9.17, 15) is 58.2 Å². The van der Waals surface area contributed by atoms with Crippen LogP contribution in [0.4, 0.5) is 0 Å². The number of fused-ring (bicyclic) bond motifs is 4. The van der Waals surface area contributed by atoms with E-state index in [1.807, 2.05) is 13.8 Å². The number of tetrazole rings is 1. The van der Waals surface area contributed by atoms with Crippen molar-refractivity contribution in [3.05, 3.63) is 126 Å². The number of thioether (sulfide) groups is 1. The van der Waals surface area contributed by atoms with Crippen molar-refractivity contribution in [2.75, 3.05) is 65.4 Å². The van der Waals surface area contributed by atoms with E-state index in [1.54, 1.807) is 60.9 Å². The Bertz CT molecular complexity index is 5490. The lowest BCUT2D eigenvalue weighted by molar-refractivity contribution is -0.149. The molecule has 15 atom stereocenters. The number of carbonyl (C=O) groups is 18. The molecule has 7 heterocycles. The number of hydrogen-bond acceptors (Lipinski definition) is 26. The molecule has 3 fully saturated rings. The zero-order valence-electron chi connectivity index (χ0n) is 77.6. The van der Waals surface area contributed by atoms with E-state index in [0.29, 0.717) is 64.2 Å². The molecule has 3 saturated heterocycles. The van der Waals surface area contributed by atoms with Gasteiger partial charge in [-0.3, -0.25) is 86.3 Å². The highest BCUT2D eigenvalue weighted by Crippen LogP contribution is 2.33. The third-order valence-corrected chi connectivity index (χ3v) is 25.8. The minimum Gasteiger partial charge on any atom is -0.508 e. The third kappa shape index (κ3) is 28.4. The van der Waals surface area contributed by atoms with Crippen LogP contribution in [-0.2, 0) is 112 Å². The molecule has 7 aromatic rings. The highest BCUT2D eigenvalue weighted by atomic mass is 32.2. The fourth-order valence-corrected chi connectivity index (χ4v) is 17.9. The number of amides is 17. The standard InChI is InChI=1S/C90H123N27O20S/c1-7-9-20-68-83(130)102-60(30-32-92)80(127)108-67(78(125)98-43-73(94)120)45-138-46-74(121)100-64(34-49-23-25-54(118)26-24-49)86(133)113(4)48(3)77(124)106-66(39-72(93)119)89(136)116-33-15-22-69(116)84(131)105-63(38-53-42-95-47-99-53)82(129)103-61(27-28-75(122)123)88(135)117-44-52(76-109-111-112-110-76)37-71(117)85(132)104-62(35-50-40-96-57-18-13-11-16-55(50)57)81(128)101-59(29-31-91)79(126)107-65(36-51-41-97-58-19-14-12-17-56(51)58)87(134)115(6)70(21-10-8-2)90(137)114(68)5/h11-14,16-19,23-26,40-42,47-48,52,59-71,96-97,118H,7-10,15,20-22,27-39,43-46,91-92H2,1-6H3,(H2,93,119)(H2,94,120)(H,95,99)(H,98,125)(H,100,121)(H,101,128)(H,102,130)(H,103,129)(H,104,132)(H,105,131)(H,106,124)(H,107,126)(H,108,127)(H,122,123)(H,109,110,111,112)/t48-,52+,59-,60-,61-,62-,63-,64-,65-,66-,67-,68-,69-,70-,71-/m0/s1. The molecule has 4 aromatic heterocycles. The Morgan fingerprint density at radius 1 is 0.536 bits per heavy atom. The molecule has 47 nitrogen and oxygen atoms in total. The average molecular weight is 1940 g/mol. The van der Waals surface area contributed by atoms with Crippen molar-refractivity contribution in [1.82, 2.24) is 118 Å². The van der Waals surface area contributed by atoms with Gasteiger partial charge in [0.15, 0.2) is 5.82 Å². The van der Waals surface area contributed by atoms with Crippen molar-refractivity contribution in [2.24, 2.45) is 22.9 Å². The number of nitrogens with one attached hydrogen (secondary N) is 14. The number of aromatic nitrogens is 8. The second kappa shape index (κ2) is 50.4.